The van der Waals surface area contributed by atoms with Crippen LogP contribution in [0.5, 0.6) is 0 Å². The molecule has 3 saturated heterocycles. The van der Waals surface area contributed by atoms with E-state index >= 15 is 0 Å². The molecule has 27 nitrogen and oxygen atoms in total. The van der Waals surface area contributed by atoms with Crippen LogP contribution in [0.15, 0.2) is 147 Å². The number of methoxy groups -OCH3 is 3. The summed E-state index contributed by atoms with van der Waals surface area (Å²) in [7, 11) is 4.06. The minimum atomic E-state index is -0.497. The van der Waals surface area contributed by atoms with E-state index in [0.29, 0.717) is 110 Å². The third kappa shape index (κ3) is 27.0. The minimum Gasteiger partial charge on any atom is -0.465 e. The highest BCUT2D eigenvalue weighted by molar-refractivity contribution is 6.18. The number of nitrogens with zero attached hydrogens (tertiary/aromatic N) is 13. The van der Waals surface area contributed by atoms with Crippen molar-refractivity contribution in [1.29, 1.82) is 0 Å². The van der Waals surface area contributed by atoms with Gasteiger partial charge >= 0.3 is 30.1 Å². The van der Waals surface area contributed by atoms with E-state index in [4.69, 9.17) is 47.9 Å². The summed E-state index contributed by atoms with van der Waals surface area (Å²) in [5.74, 6) is 2.46. The van der Waals surface area contributed by atoms with Crippen LogP contribution in [-0.2, 0) is 30.3 Å². The fourth-order valence-electron chi connectivity index (χ4n) is 10.0. The van der Waals surface area contributed by atoms with Crippen LogP contribution in [0.25, 0.3) is 45.6 Å². The van der Waals surface area contributed by atoms with Crippen molar-refractivity contribution in [2.24, 2.45) is 0 Å². The summed E-state index contributed by atoms with van der Waals surface area (Å²) in [6.45, 7) is 21.9. The minimum absolute atomic E-state index is 0. The number of aliphatic hydroxyl groups excluding tert-OH is 1. The van der Waals surface area contributed by atoms with Crippen LogP contribution in [0, 0.1) is 0 Å². The predicted molar refractivity (Wildman–Crippen MR) is 408 cm³/mol. The Kier molecular flexibility index (Phi) is 34.7. The Morgan fingerprint density at radius 2 is 0.769 bits per heavy atom. The molecule has 4 aromatic carbocycles. The zero-order valence-corrected chi connectivity index (χ0v) is 61.8. The number of benzene rings is 4. The first-order valence-corrected chi connectivity index (χ1v) is 34.1. The lowest BCUT2D eigenvalue weighted by Gasteiger charge is -2.36. The summed E-state index contributed by atoms with van der Waals surface area (Å²) in [5.41, 5.74) is 13.3. The van der Waals surface area contributed by atoms with E-state index in [1.165, 1.54) is 33.7 Å². The van der Waals surface area contributed by atoms with E-state index in [-0.39, 0.29) is 50.6 Å². The Morgan fingerprint density at radius 3 is 1.07 bits per heavy atom. The Morgan fingerprint density at radius 1 is 0.471 bits per heavy atom. The molecule has 0 saturated carbocycles. The second kappa shape index (κ2) is 42.6. The van der Waals surface area contributed by atoms with Gasteiger partial charge in [-0.3, -0.25) is 0 Å². The molecule has 11 rings (SSSR count). The number of carbonyl (C=O) groups excluding carboxylic acids is 5. The Balaban J connectivity index is 0.000000243. The monoisotopic (exact) mass is 1490 g/mol. The van der Waals surface area contributed by atoms with E-state index < -0.39 is 17.2 Å². The number of alkyl halides is 2. The Labute approximate surface area is 624 Å². The highest BCUT2D eigenvalue weighted by atomic mass is 35.5. The van der Waals surface area contributed by atoms with Gasteiger partial charge in [-0.15, -0.1) is 35.6 Å². The molecule has 3 aliphatic heterocycles. The molecule has 0 unspecified atom stereocenters. The first-order valence-electron chi connectivity index (χ1n) is 33.1. The summed E-state index contributed by atoms with van der Waals surface area (Å²) in [5, 5.41) is 15.6. The van der Waals surface area contributed by atoms with Crippen molar-refractivity contribution in [1.82, 2.24) is 60.3 Å². The average Bonchev–Trinajstić information content (AvgIpc) is 0.842. The van der Waals surface area contributed by atoms with Crippen LogP contribution in [0.4, 0.5) is 32.3 Å². The van der Waals surface area contributed by atoms with E-state index in [2.05, 4.69) is 69.9 Å². The van der Waals surface area contributed by atoms with Gasteiger partial charge in [-0.2, -0.15) is 0 Å². The second-order valence-corrected chi connectivity index (χ2v) is 25.7. The number of piperazine rings is 3. The molecular weight excluding hydrogens is 1400 g/mol. The Hall–Kier alpha value is -9.90. The van der Waals surface area contributed by atoms with Crippen LogP contribution in [-0.4, -0.2) is 221 Å². The molecule has 0 atom stereocenters. The number of aliphatic hydroxyl groups is 1. The van der Waals surface area contributed by atoms with Gasteiger partial charge in [0.15, 0.2) is 23.3 Å². The third-order valence-corrected chi connectivity index (χ3v) is 15.6. The number of carbonyl (C=O) groups is 5. The van der Waals surface area contributed by atoms with Crippen LogP contribution in [0.3, 0.4) is 0 Å². The van der Waals surface area contributed by atoms with Gasteiger partial charge in [0, 0.05) is 126 Å². The molecule has 3 fully saturated rings. The lowest BCUT2D eigenvalue weighted by Crippen LogP contribution is -2.50. The zero-order chi connectivity index (χ0) is 73.6. The Bertz CT molecular complexity index is 3940. The van der Waals surface area contributed by atoms with Crippen molar-refractivity contribution in [2.45, 2.75) is 66.8 Å². The van der Waals surface area contributed by atoms with Crippen LogP contribution < -0.4 is 31.1 Å². The van der Waals surface area contributed by atoms with Gasteiger partial charge in [-0.1, -0.05) is 62.0 Å². The lowest BCUT2D eigenvalue weighted by molar-refractivity contribution is 0.0230. The molecule has 104 heavy (non-hydrogen) atoms. The number of hydrogen-bond donors (Lipinski definition) is 4. The number of anilines is 4. The molecule has 0 aliphatic carbocycles. The van der Waals surface area contributed by atoms with Crippen molar-refractivity contribution in [2.75, 3.05) is 145 Å². The highest BCUT2D eigenvalue weighted by Crippen LogP contribution is 2.25. The molecule has 8 aromatic rings. The summed E-state index contributed by atoms with van der Waals surface area (Å²) in [6, 6.07) is 28.6. The number of rotatable bonds is 15. The fraction of sp³-hybridized carbons (Fsp3) is 0.392. The van der Waals surface area contributed by atoms with Gasteiger partial charge in [0.25, 0.3) is 0 Å². The number of nitrogens with two attached hydrogens (primary N) is 1. The maximum atomic E-state index is 12.2. The van der Waals surface area contributed by atoms with E-state index in [1.807, 2.05) is 96.4 Å². The van der Waals surface area contributed by atoms with Crippen LogP contribution >= 0.6 is 35.6 Å². The largest absolute Gasteiger partial charge is 0.465 e. The number of aromatic nitrogens is 8. The molecule has 4 aromatic heterocycles. The first-order chi connectivity index (χ1) is 49.0. The number of ether oxygens (including phenoxy) is 5. The fourth-order valence-corrected chi connectivity index (χ4v) is 10.3. The number of esters is 3. The van der Waals surface area contributed by atoms with Crippen LogP contribution in [0.2, 0.25) is 0 Å². The van der Waals surface area contributed by atoms with Gasteiger partial charge in [0.2, 0.25) is 0 Å². The molecule has 558 valence electrons. The predicted octanol–water partition coefficient (Wildman–Crippen LogP) is 10.6. The van der Waals surface area contributed by atoms with E-state index in [0.717, 1.165) is 84.1 Å². The summed E-state index contributed by atoms with van der Waals surface area (Å²) in [4.78, 5) is 104. The van der Waals surface area contributed by atoms with Crippen molar-refractivity contribution >= 4 is 88.5 Å². The van der Waals surface area contributed by atoms with Crippen molar-refractivity contribution in [3.05, 3.63) is 169 Å². The van der Waals surface area contributed by atoms with Gasteiger partial charge < -0.3 is 69.7 Å². The number of nitrogens with one attached hydrogen (secondary N) is 2. The molecule has 30 heteroatoms. The molecule has 2 amide bonds. The zero-order valence-electron chi connectivity index (χ0n) is 59.5. The quantitative estimate of drug-likeness (QED) is 0.0321. The number of amides is 2. The molecule has 3 aliphatic rings. The first kappa shape index (κ1) is 84.8. The maximum Gasteiger partial charge on any atom is 0.410 e. The van der Waals surface area contributed by atoms with Gasteiger partial charge in [0.1, 0.15) is 11.2 Å². The van der Waals surface area contributed by atoms with Gasteiger partial charge in [-0.05, 0) is 89.6 Å². The highest BCUT2D eigenvalue weighted by Gasteiger charge is 2.28. The van der Waals surface area contributed by atoms with Gasteiger partial charge in [0.05, 0.1) is 117 Å². The van der Waals surface area contributed by atoms with Crippen molar-refractivity contribution < 1.29 is 52.8 Å². The van der Waals surface area contributed by atoms with Crippen LogP contribution in [0.1, 0.15) is 85.6 Å². The maximum absolute atomic E-state index is 12.2. The second-order valence-electron chi connectivity index (χ2n) is 25.0. The lowest BCUT2D eigenvalue weighted by atomic mass is 10.1. The molecule has 5 N–H and O–H groups in total. The molecule has 0 bridgehead atoms. The smallest absolute Gasteiger partial charge is 0.410 e. The summed E-state index contributed by atoms with van der Waals surface area (Å²) in [6.07, 6.45) is 13.3. The molecule has 0 radical (unpaired) electrons. The van der Waals surface area contributed by atoms with E-state index in [9.17, 15) is 29.1 Å². The number of halogens is 3. The van der Waals surface area contributed by atoms with Crippen molar-refractivity contribution in [3.8, 4) is 45.6 Å². The van der Waals surface area contributed by atoms with Crippen molar-refractivity contribution in [3.63, 3.8) is 0 Å². The summed E-state index contributed by atoms with van der Waals surface area (Å²) < 4.78 is 25.0. The van der Waals surface area contributed by atoms with E-state index in [1.54, 1.807) is 89.2 Å². The molecular formula is C74H95Cl3N16O11. The SMILES string of the molecule is C.CC(C)(C)OC(=O)N1CCN(c2cnc(-c3cccc(CO)c3)nc2)CC1.COC(=O)c1cccc(-c2ncc(N)cn2)c1.COC(=O)c1cccc(-c2ncc(N3CCN(C(=O)OC(C)(C)C)CC3)cn2)c1.COC(=O)c1cccc(-c2ncc(N3CCNCC3)cn2)c1.Cl.ClCCNCCCl. The molecule has 0 spiro atoms. The normalized spacial score (nSPS) is 13.3. The third-order valence-electron chi connectivity index (χ3n) is 15.2. The summed E-state index contributed by atoms with van der Waals surface area (Å²) >= 11 is 10.7. The average molecular weight is 1490 g/mol. The number of hydrogen-bond acceptors (Lipinski definition) is 25. The standard InChI is InChI=1S/C21H26N4O4.C20H26N4O3.C16H18N4O2.C12H11N3O2.C4H9Cl2N.CH4.ClH/c1-21(2,3)29-20(27)25-10-8-24(9-11-25)17-13-22-18(23-14-17)15-6-5-7-16(12-15)19(26)28-4;1-20(2,3)27-19(26)24-9-7-23(8-10-24)17-12-21-18(22-13-17)16-6-4-5-15(11-16)14-25;1-22-16(21)13-4-2-3-12(9-13)15-18-10-14(11-19-15)20-7-5-17-6-8-20;1-17-12(16)9-4-2-3-8(5-9)11-14-6-10(13)7-15-11;5-1-3-7-4-2-6;;/h5-7,12-14H,8-11H2,1-4H3;4-6,11-13,25H,7-10,14H2,1-3H3;2-4,9-11,17H,5-8H2,1H3;2-7H,13H2,1H3;7H,1-4H2;1H4;1H. The van der Waals surface area contributed by atoms with Gasteiger partial charge in [-0.25, -0.2) is 63.8 Å². The molecule has 7 heterocycles. The number of nitrogen functional groups attached to an aromatic ring is 1. The topological polar surface area (TPSA) is 321 Å².